The number of amides is 1. The van der Waals surface area contributed by atoms with Crippen molar-refractivity contribution in [1.29, 1.82) is 0 Å². The summed E-state index contributed by atoms with van der Waals surface area (Å²) in [7, 11) is -3.80. The van der Waals surface area contributed by atoms with Gasteiger partial charge >= 0.3 is 0 Å². The molecule has 21 heavy (non-hydrogen) atoms. The van der Waals surface area contributed by atoms with Crippen molar-refractivity contribution in [3.63, 3.8) is 0 Å². The summed E-state index contributed by atoms with van der Waals surface area (Å²) in [5.41, 5.74) is 1.31. The van der Waals surface area contributed by atoms with Gasteiger partial charge in [0.05, 0.1) is 4.90 Å². The van der Waals surface area contributed by atoms with Crippen LogP contribution in [-0.4, -0.2) is 31.8 Å². The van der Waals surface area contributed by atoms with Crippen LogP contribution in [0.1, 0.15) is 49.0 Å². The van der Waals surface area contributed by atoms with Crippen LogP contribution in [0.2, 0.25) is 0 Å². The molecule has 1 amide bonds. The number of hydrogen-bond acceptors (Lipinski definition) is 3. The predicted molar refractivity (Wildman–Crippen MR) is 81.5 cm³/mol. The van der Waals surface area contributed by atoms with Gasteiger partial charge in [0.25, 0.3) is 5.91 Å². The molecule has 6 heteroatoms. The van der Waals surface area contributed by atoms with Crippen LogP contribution >= 0.6 is 0 Å². The van der Waals surface area contributed by atoms with Crippen LogP contribution < -0.4 is 5.14 Å². The number of rotatable bonds is 3. The van der Waals surface area contributed by atoms with Crippen LogP contribution in [0.4, 0.5) is 0 Å². The number of aryl methyl sites for hydroxylation is 1. The highest BCUT2D eigenvalue weighted by atomic mass is 32.2. The average molecular weight is 310 g/mol. The fourth-order valence-corrected chi connectivity index (χ4v) is 3.33. The lowest BCUT2D eigenvalue weighted by Gasteiger charge is -2.34. The number of sulfonamides is 1. The minimum Gasteiger partial charge on any atom is -0.336 e. The summed E-state index contributed by atoms with van der Waals surface area (Å²) < 4.78 is 23.0. The normalized spacial score (nSPS) is 19.6. The van der Waals surface area contributed by atoms with E-state index < -0.39 is 10.0 Å². The fraction of sp³-hybridized carbons (Fsp3) is 0.533. The van der Waals surface area contributed by atoms with Gasteiger partial charge in [-0.1, -0.05) is 13.0 Å². The highest BCUT2D eigenvalue weighted by Gasteiger charge is 2.26. The van der Waals surface area contributed by atoms with Gasteiger partial charge in [-0.2, -0.15) is 0 Å². The number of primary sulfonamides is 1. The molecular weight excluding hydrogens is 288 g/mol. The van der Waals surface area contributed by atoms with Crippen LogP contribution in [0.15, 0.2) is 23.1 Å². The summed E-state index contributed by atoms with van der Waals surface area (Å²) in [6, 6.07) is 4.75. The second-order valence-corrected chi connectivity index (χ2v) is 7.12. The molecule has 116 valence electrons. The smallest absolute Gasteiger partial charge is 0.254 e. The molecule has 1 saturated heterocycles. The zero-order valence-corrected chi connectivity index (χ0v) is 13.3. The number of carbonyl (C=O) groups excluding carboxylic acids is 1. The Morgan fingerprint density at radius 1 is 1.38 bits per heavy atom. The first-order valence-corrected chi connectivity index (χ1v) is 8.86. The largest absolute Gasteiger partial charge is 0.336 e. The Morgan fingerprint density at radius 2 is 2.10 bits per heavy atom. The van der Waals surface area contributed by atoms with Crippen LogP contribution in [0.5, 0.6) is 0 Å². The van der Waals surface area contributed by atoms with E-state index in [0.717, 1.165) is 31.4 Å². The summed E-state index contributed by atoms with van der Waals surface area (Å²) >= 11 is 0. The van der Waals surface area contributed by atoms with Crippen LogP contribution in [0.25, 0.3) is 0 Å². The molecule has 0 aliphatic carbocycles. The molecule has 1 aliphatic heterocycles. The van der Waals surface area contributed by atoms with Crippen molar-refractivity contribution in [3.05, 3.63) is 29.3 Å². The molecule has 1 atom stereocenters. The Morgan fingerprint density at radius 3 is 2.67 bits per heavy atom. The fourth-order valence-electron chi connectivity index (χ4n) is 2.79. The van der Waals surface area contributed by atoms with E-state index in [0.29, 0.717) is 12.0 Å². The highest BCUT2D eigenvalue weighted by Crippen LogP contribution is 2.23. The van der Waals surface area contributed by atoms with Gasteiger partial charge in [0, 0.05) is 18.2 Å². The molecule has 1 aromatic carbocycles. The molecule has 1 unspecified atom stereocenters. The first-order valence-electron chi connectivity index (χ1n) is 7.31. The lowest BCUT2D eigenvalue weighted by Crippen LogP contribution is -2.42. The van der Waals surface area contributed by atoms with Gasteiger partial charge in [-0.05, 0) is 50.3 Å². The molecule has 1 aromatic rings. The van der Waals surface area contributed by atoms with E-state index in [1.54, 1.807) is 6.07 Å². The molecule has 1 fully saturated rings. The summed E-state index contributed by atoms with van der Waals surface area (Å²) in [6.07, 6.45) is 3.78. The van der Waals surface area contributed by atoms with Crippen molar-refractivity contribution >= 4 is 15.9 Å². The number of nitrogens with two attached hydrogens (primary N) is 1. The highest BCUT2D eigenvalue weighted by molar-refractivity contribution is 7.89. The summed E-state index contributed by atoms with van der Waals surface area (Å²) in [6.45, 7) is 4.71. The molecule has 0 radical (unpaired) electrons. The first kappa shape index (κ1) is 16.0. The van der Waals surface area contributed by atoms with Gasteiger partial charge in [-0.25, -0.2) is 13.6 Å². The molecule has 0 aromatic heterocycles. The third-order valence-electron chi connectivity index (χ3n) is 4.09. The van der Waals surface area contributed by atoms with E-state index in [2.05, 4.69) is 0 Å². The van der Waals surface area contributed by atoms with Gasteiger partial charge in [0.15, 0.2) is 0 Å². The Kier molecular flexibility index (Phi) is 4.68. The van der Waals surface area contributed by atoms with E-state index in [1.807, 2.05) is 18.7 Å². The average Bonchev–Trinajstić information content (AvgIpc) is 2.45. The van der Waals surface area contributed by atoms with Gasteiger partial charge in [-0.3, -0.25) is 4.79 Å². The molecular formula is C15H22N2O3S. The molecule has 0 spiro atoms. The van der Waals surface area contributed by atoms with Crippen molar-refractivity contribution in [2.75, 3.05) is 6.54 Å². The van der Waals surface area contributed by atoms with Crippen molar-refractivity contribution < 1.29 is 13.2 Å². The van der Waals surface area contributed by atoms with E-state index in [4.69, 9.17) is 5.14 Å². The minimum atomic E-state index is -3.80. The number of piperidine rings is 1. The third kappa shape index (κ3) is 3.44. The maximum atomic E-state index is 12.8. The zero-order valence-electron chi connectivity index (χ0n) is 12.5. The van der Waals surface area contributed by atoms with E-state index in [1.165, 1.54) is 12.1 Å². The van der Waals surface area contributed by atoms with Crippen molar-refractivity contribution in [1.82, 2.24) is 4.90 Å². The quantitative estimate of drug-likeness (QED) is 0.926. The lowest BCUT2D eigenvalue weighted by molar-refractivity contribution is 0.0634. The molecule has 2 N–H and O–H groups in total. The third-order valence-corrected chi connectivity index (χ3v) is 5.00. The van der Waals surface area contributed by atoms with Gasteiger partial charge in [-0.15, -0.1) is 0 Å². The Bertz CT molecular complexity index is 640. The number of benzene rings is 1. The molecule has 5 nitrogen and oxygen atoms in total. The second-order valence-electron chi connectivity index (χ2n) is 5.56. The second kappa shape index (κ2) is 6.15. The van der Waals surface area contributed by atoms with Crippen LogP contribution in [-0.2, 0) is 16.4 Å². The topological polar surface area (TPSA) is 80.5 Å². The van der Waals surface area contributed by atoms with Crippen molar-refractivity contribution in [2.24, 2.45) is 5.14 Å². The standard InChI is InChI=1S/C15H22N2O3S/c1-3-12-7-8-13(21(16,19)20)10-14(12)15(18)17-9-5-4-6-11(17)2/h7-8,10-11H,3-6,9H2,1-2H3,(H2,16,19,20). The Hall–Kier alpha value is -1.40. The zero-order chi connectivity index (χ0) is 15.6. The number of hydrogen-bond donors (Lipinski definition) is 1. The van der Waals surface area contributed by atoms with Gasteiger partial charge in [0.2, 0.25) is 10.0 Å². The first-order chi connectivity index (χ1) is 9.84. The summed E-state index contributed by atoms with van der Waals surface area (Å²) in [5, 5.41) is 5.17. The van der Waals surface area contributed by atoms with Crippen molar-refractivity contribution in [3.8, 4) is 0 Å². The predicted octanol–water partition coefficient (Wildman–Crippen LogP) is 1.91. The van der Waals surface area contributed by atoms with Gasteiger partial charge in [0.1, 0.15) is 0 Å². The Balaban J connectivity index is 2.43. The maximum absolute atomic E-state index is 12.8. The van der Waals surface area contributed by atoms with Crippen LogP contribution in [0, 0.1) is 0 Å². The van der Waals surface area contributed by atoms with Crippen molar-refractivity contribution in [2.45, 2.75) is 50.5 Å². The van der Waals surface area contributed by atoms with Crippen LogP contribution in [0.3, 0.4) is 0 Å². The molecule has 2 rings (SSSR count). The minimum absolute atomic E-state index is 0.00675. The molecule has 0 bridgehead atoms. The lowest BCUT2D eigenvalue weighted by atomic mass is 9.99. The Labute approximate surface area is 126 Å². The maximum Gasteiger partial charge on any atom is 0.254 e. The number of likely N-dealkylation sites (tertiary alicyclic amines) is 1. The van der Waals surface area contributed by atoms with E-state index >= 15 is 0 Å². The summed E-state index contributed by atoms with van der Waals surface area (Å²) in [5.74, 6) is -0.0930. The van der Waals surface area contributed by atoms with E-state index in [9.17, 15) is 13.2 Å². The molecule has 0 saturated carbocycles. The number of carbonyl (C=O) groups is 1. The monoisotopic (exact) mass is 310 g/mol. The number of nitrogens with zero attached hydrogens (tertiary/aromatic N) is 1. The van der Waals surface area contributed by atoms with Gasteiger partial charge < -0.3 is 4.90 Å². The summed E-state index contributed by atoms with van der Waals surface area (Å²) in [4.78, 5) is 14.6. The van der Waals surface area contributed by atoms with E-state index in [-0.39, 0.29) is 16.8 Å². The molecule has 1 aliphatic rings. The molecule has 1 heterocycles. The SMILES string of the molecule is CCc1ccc(S(N)(=O)=O)cc1C(=O)N1CCCCC1C.